The standard InChI is InChI=1S/C13H19N3O2S/c17-13(18)9-4-5-16-11(7-9)14-15-12(16)8-10-3-1-2-6-19-10/h9-10H,1-8H2,(H,17,18). The van der Waals surface area contributed by atoms with Gasteiger partial charge in [-0.2, -0.15) is 11.8 Å². The van der Waals surface area contributed by atoms with Crippen LogP contribution in [0.1, 0.15) is 37.3 Å². The Morgan fingerprint density at radius 3 is 3.00 bits per heavy atom. The molecule has 1 aromatic rings. The second-order valence-electron chi connectivity index (χ2n) is 5.40. The zero-order valence-corrected chi connectivity index (χ0v) is 11.7. The maximum Gasteiger partial charge on any atom is 0.307 e. The summed E-state index contributed by atoms with van der Waals surface area (Å²) in [6, 6.07) is 0. The molecule has 0 aliphatic carbocycles. The Morgan fingerprint density at radius 2 is 2.26 bits per heavy atom. The number of thioether (sulfide) groups is 1. The van der Waals surface area contributed by atoms with Gasteiger partial charge in [0, 0.05) is 24.6 Å². The van der Waals surface area contributed by atoms with Crippen LogP contribution in [0.2, 0.25) is 0 Å². The van der Waals surface area contributed by atoms with E-state index in [1.807, 2.05) is 11.8 Å². The maximum absolute atomic E-state index is 11.0. The molecule has 5 nitrogen and oxygen atoms in total. The molecule has 0 amide bonds. The zero-order chi connectivity index (χ0) is 13.2. The van der Waals surface area contributed by atoms with Crippen molar-refractivity contribution in [1.29, 1.82) is 0 Å². The summed E-state index contributed by atoms with van der Waals surface area (Å²) in [6.45, 7) is 0.756. The lowest BCUT2D eigenvalue weighted by molar-refractivity contribution is -0.142. The Bertz CT molecular complexity index is 468. The molecular formula is C13H19N3O2S. The Labute approximate surface area is 116 Å². The van der Waals surface area contributed by atoms with E-state index in [1.165, 1.54) is 25.0 Å². The van der Waals surface area contributed by atoms with Gasteiger partial charge in [0.25, 0.3) is 0 Å². The smallest absolute Gasteiger partial charge is 0.307 e. The van der Waals surface area contributed by atoms with Gasteiger partial charge in [-0.05, 0) is 25.0 Å². The van der Waals surface area contributed by atoms with Gasteiger partial charge in [-0.25, -0.2) is 0 Å². The number of rotatable bonds is 3. The third-order valence-electron chi connectivity index (χ3n) is 4.07. The summed E-state index contributed by atoms with van der Waals surface area (Å²) in [6.07, 6.45) is 6.13. The van der Waals surface area contributed by atoms with Gasteiger partial charge in [0.2, 0.25) is 0 Å². The molecule has 0 spiro atoms. The highest BCUT2D eigenvalue weighted by Gasteiger charge is 2.28. The molecule has 0 saturated carbocycles. The van der Waals surface area contributed by atoms with Gasteiger partial charge < -0.3 is 9.67 Å². The van der Waals surface area contributed by atoms with E-state index in [1.54, 1.807) is 0 Å². The van der Waals surface area contributed by atoms with E-state index >= 15 is 0 Å². The van der Waals surface area contributed by atoms with Gasteiger partial charge >= 0.3 is 5.97 Å². The van der Waals surface area contributed by atoms with Gasteiger partial charge in [-0.15, -0.1) is 10.2 Å². The van der Waals surface area contributed by atoms with Crippen molar-refractivity contribution in [3.63, 3.8) is 0 Å². The number of hydrogen-bond acceptors (Lipinski definition) is 4. The first-order valence-electron chi connectivity index (χ1n) is 6.99. The van der Waals surface area contributed by atoms with Crippen LogP contribution in [0.3, 0.4) is 0 Å². The van der Waals surface area contributed by atoms with Gasteiger partial charge in [0.1, 0.15) is 11.6 Å². The van der Waals surface area contributed by atoms with Gasteiger partial charge in [0.15, 0.2) is 0 Å². The minimum atomic E-state index is -0.710. The highest BCUT2D eigenvalue weighted by atomic mass is 32.2. The number of aromatic nitrogens is 3. The van der Waals surface area contributed by atoms with Crippen LogP contribution in [0.4, 0.5) is 0 Å². The van der Waals surface area contributed by atoms with Crippen LogP contribution in [-0.2, 0) is 24.2 Å². The fourth-order valence-corrected chi connectivity index (χ4v) is 4.23. The molecule has 104 valence electrons. The predicted molar refractivity (Wildman–Crippen MR) is 73.3 cm³/mol. The highest BCUT2D eigenvalue weighted by molar-refractivity contribution is 7.99. The first-order chi connectivity index (χ1) is 9.24. The fourth-order valence-electron chi connectivity index (χ4n) is 2.92. The number of fused-ring (bicyclic) bond motifs is 1. The summed E-state index contributed by atoms with van der Waals surface area (Å²) in [7, 11) is 0. The van der Waals surface area contributed by atoms with Crippen molar-refractivity contribution in [2.75, 3.05) is 5.75 Å². The predicted octanol–water partition coefficient (Wildman–Crippen LogP) is 1.75. The molecule has 19 heavy (non-hydrogen) atoms. The third kappa shape index (κ3) is 2.78. The maximum atomic E-state index is 11.0. The van der Waals surface area contributed by atoms with Crippen LogP contribution >= 0.6 is 11.8 Å². The van der Waals surface area contributed by atoms with Gasteiger partial charge in [-0.1, -0.05) is 6.42 Å². The zero-order valence-electron chi connectivity index (χ0n) is 10.9. The quantitative estimate of drug-likeness (QED) is 0.914. The molecular weight excluding hydrogens is 262 g/mol. The third-order valence-corrected chi connectivity index (χ3v) is 5.47. The summed E-state index contributed by atoms with van der Waals surface area (Å²) in [5.41, 5.74) is 0. The van der Waals surface area contributed by atoms with Crippen molar-refractivity contribution in [3.05, 3.63) is 11.6 Å². The molecule has 6 heteroatoms. The van der Waals surface area contributed by atoms with E-state index in [0.29, 0.717) is 18.1 Å². The normalized spacial score (nSPS) is 26.9. The lowest BCUT2D eigenvalue weighted by Gasteiger charge is -2.23. The largest absolute Gasteiger partial charge is 0.481 e. The van der Waals surface area contributed by atoms with Crippen LogP contribution in [0.25, 0.3) is 0 Å². The lowest BCUT2D eigenvalue weighted by Crippen LogP contribution is -2.27. The van der Waals surface area contributed by atoms with Crippen molar-refractivity contribution in [3.8, 4) is 0 Å². The molecule has 3 heterocycles. The van der Waals surface area contributed by atoms with Crippen molar-refractivity contribution >= 4 is 17.7 Å². The molecule has 1 aromatic heterocycles. The Morgan fingerprint density at radius 1 is 1.37 bits per heavy atom. The monoisotopic (exact) mass is 281 g/mol. The van der Waals surface area contributed by atoms with Crippen molar-refractivity contribution in [1.82, 2.24) is 14.8 Å². The lowest BCUT2D eigenvalue weighted by atomic mass is 9.98. The van der Waals surface area contributed by atoms with E-state index in [0.717, 1.165) is 24.6 Å². The molecule has 2 atom stereocenters. The summed E-state index contributed by atoms with van der Waals surface area (Å²) in [4.78, 5) is 11.0. The fraction of sp³-hybridized carbons (Fsp3) is 0.769. The van der Waals surface area contributed by atoms with Crippen molar-refractivity contribution in [2.24, 2.45) is 5.92 Å². The van der Waals surface area contributed by atoms with Gasteiger partial charge in [0.05, 0.1) is 5.92 Å². The summed E-state index contributed by atoms with van der Waals surface area (Å²) < 4.78 is 2.15. The molecule has 0 radical (unpaired) electrons. The van der Waals surface area contributed by atoms with Crippen molar-refractivity contribution < 1.29 is 9.90 Å². The number of nitrogens with zero attached hydrogens (tertiary/aromatic N) is 3. The number of carboxylic acid groups (broad SMARTS) is 1. The first kappa shape index (κ1) is 13.0. The Balaban J connectivity index is 1.70. The van der Waals surface area contributed by atoms with Crippen LogP contribution < -0.4 is 0 Å². The van der Waals surface area contributed by atoms with E-state index in [-0.39, 0.29) is 5.92 Å². The molecule has 1 N–H and O–H groups in total. The minimum Gasteiger partial charge on any atom is -0.481 e. The molecule has 2 unspecified atom stereocenters. The Hall–Kier alpha value is -1.04. The molecule has 0 bridgehead atoms. The molecule has 1 saturated heterocycles. The summed E-state index contributed by atoms with van der Waals surface area (Å²) in [5, 5.41) is 18.2. The molecule has 0 aromatic carbocycles. The molecule has 1 fully saturated rings. The van der Waals surface area contributed by atoms with E-state index < -0.39 is 5.97 Å². The minimum absolute atomic E-state index is 0.284. The number of carbonyl (C=O) groups is 1. The van der Waals surface area contributed by atoms with E-state index in [4.69, 9.17) is 5.11 Å². The molecule has 2 aliphatic heterocycles. The second-order valence-corrected chi connectivity index (χ2v) is 6.81. The second kappa shape index (κ2) is 5.53. The topological polar surface area (TPSA) is 68.0 Å². The van der Waals surface area contributed by atoms with Crippen LogP contribution in [-0.4, -0.2) is 36.8 Å². The molecule has 2 aliphatic rings. The van der Waals surface area contributed by atoms with E-state index in [9.17, 15) is 4.79 Å². The first-order valence-corrected chi connectivity index (χ1v) is 8.04. The van der Waals surface area contributed by atoms with Crippen LogP contribution in [0, 0.1) is 5.92 Å². The van der Waals surface area contributed by atoms with E-state index in [2.05, 4.69) is 14.8 Å². The number of aliphatic carboxylic acids is 1. The highest BCUT2D eigenvalue weighted by Crippen LogP contribution is 2.28. The summed E-state index contributed by atoms with van der Waals surface area (Å²) >= 11 is 2.04. The Kier molecular flexibility index (Phi) is 3.77. The van der Waals surface area contributed by atoms with Crippen LogP contribution in [0.15, 0.2) is 0 Å². The van der Waals surface area contributed by atoms with Crippen molar-refractivity contribution in [2.45, 2.75) is 50.3 Å². The average Bonchev–Trinajstić information content (AvgIpc) is 2.82. The average molecular weight is 281 g/mol. The molecule has 3 rings (SSSR count). The van der Waals surface area contributed by atoms with Crippen LogP contribution in [0.5, 0.6) is 0 Å². The summed E-state index contributed by atoms with van der Waals surface area (Å²) in [5.74, 6) is 2.17. The van der Waals surface area contributed by atoms with Gasteiger partial charge in [-0.3, -0.25) is 4.79 Å². The SMILES string of the molecule is O=C(O)C1CCn2c(CC3CCCCS3)nnc2C1. The number of hydrogen-bond donors (Lipinski definition) is 1. The number of carboxylic acids is 1.